The van der Waals surface area contributed by atoms with Gasteiger partial charge in [-0.05, 0) is 30.3 Å². The highest BCUT2D eigenvalue weighted by Crippen LogP contribution is 2.24. The molecule has 0 N–H and O–H groups in total. The second-order valence-electron chi connectivity index (χ2n) is 4.33. The summed E-state index contributed by atoms with van der Waals surface area (Å²) >= 11 is 0. The average molecular weight is 284 g/mol. The number of para-hydroxylation sites is 1. The fourth-order valence-corrected chi connectivity index (χ4v) is 1.94. The Bertz CT molecular complexity index is 883. The zero-order valence-electron chi connectivity index (χ0n) is 10.7. The Labute approximate surface area is 118 Å². The molecule has 0 bridgehead atoms. The molecule has 0 atom stereocenters. The number of hydrogen-bond acceptors (Lipinski definition) is 4. The Morgan fingerprint density at radius 2 is 1.86 bits per heavy atom. The molecular weight excluding hydrogens is 275 g/mol. The minimum atomic E-state index is -0.745. The van der Waals surface area contributed by atoms with Crippen molar-refractivity contribution in [2.75, 3.05) is 0 Å². The smallest absolute Gasteiger partial charge is 0.343 e. The molecule has 0 fully saturated rings. The number of hydrogen-bond donors (Lipinski definition) is 0. The van der Waals surface area contributed by atoms with E-state index in [0.29, 0.717) is 11.0 Å². The van der Waals surface area contributed by atoms with E-state index >= 15 is 0 Å². The summed E-state index contributed by atoms with van der Waals surface area (Å²) in [5.41, 5.74) is -0.255. The number of carbonyl (C=O) groups excluding carboxylic acids is 1. The van der Waals surface area contributed by atoms with Crippen LogP contribution in [0.4, 0.5) is 4.39 Å². The summed E-state index contributed by atoms with van der Waals surface area (Å²) in [6, 6.07) is 12.9. The first-order valence-corrected chi connectivity index (χ1v) is 6.14. The van der Waals surface area contributed by atoms with Gasteiger partial charge in [0.1, 0.15) is 17.1 Å². The van der Waals surface area contributed by atoms with Gasteiger partial charge in [0, 0.05) is 0 Å². The van der Waals surface area contributed by atoms with Crippen molar-refractivity contribution in [3.8, 4) is 5.75 Å². The van der Waals surface area contributed by atoms with Crippen molar-refractivity contribution in [3.05, 3.63) is 76.4 Å². The molecule has 0 aliphatic heterocycles. The Morgan fingerprint density at radius 3 is 2.67 bits per heavy atom. The maximum absolute atomic E-state index is 13.1. The van der Waals surface area contributed by atoms with Gasteiger partial charge in [0.2, 0.25) is 0 Å². The lowest BCUT2D eigenvalue weighted by molar-refractivity contribution is 0.0736. The number of fused-ring (bicyclic) bond motifs is 1. The Hall–Kier alpha value is -2.95. The molecule has 0 saturated carbocycles. The molecule has 0 spiro atoms. The molecule has 0 aliphatic rings. The van der Waals surface area contributed by atoms with Crippen LogP contribution in [0.15, 0.2) is 63.8 Å². The lowest BCUT2D eigenvalue weighted by atomic mass is 10.2. The van der Waals surface area contributed by atoms with Crippen LogP contribution in [0.25, 0.3) is 11.0 Å². The van der Waals surface area contributed by atoms with E-state index in [-0.39, 0.29) is 11.3 Å². The third-order valence-electron chi connectivity index (χ3n) is 2.87. The normalized spacial score (nSPS) is 10.5. The zero-order valence-corrected chi connectivity index (χ0v) is 10.7. The number of esters is 1. The van der Waals surface area contributed by atoms with Gasteiger partial charge in [0.15, 0.2) is 0 Å². The zero-order chi connectivity index (χ0) is 14.8. The molecule has 5 heteroatoms. The summed E-state index contributed by atoms with van der Waals surface area (Å²) in [5, 5.41) is 0.488. The topological polar surface area (TPSA) is 56.5 Å². The molecule has 3 rings (SSSR count). The average Bonchev–Trinajstić information content (AvgIpc) is 2.47. The molecule has 2 aromatic carbocycles. The van der Waals surface area contributed by atoms with Gasteiger partial charge in [-0.3, -0.25) is 0 Å². The van der Waals surface area contributed by atoms with Crippen molar-refractivity contribution in [2.24, 2.45) is 0 Å². The van der Waals surface area contributed by atoms with Crippen LogP contribution in [0.1, 0.15) is 10.4 Å². The number of rotatable bonds is 2. The lowest BCUT2D eigenvalue weighted by Gasteiger charge is -2.06. The van der Waals surface area contributed by atoms with E-state index in [0.717, 1.165) is 12.1 Å². The van der Waals surface area contributed by atoms with Crippen LogP contribution < -0.4 is 10.4 Å². The van der Waals surface area contributed by atoms with Crippen LogP contribution >= 0.6 is 0 Å². The summed E-state index contributed by atoms with van der Waals surface area (Å²) in [5.74, 6) is -1.21. The molecule has 0 saturated heterocycles. The van der Waals surface area contributed by atoms with Crippen molar-refractivity contribution in [1.82, 2.24) is 0 Å². The molecular formula is C16H9FO4. The minimum Gasteiger partial charge on any atom is -0.422 e. The molecule has 0 amide bonds. The quantitative estimate of drug-likeness (QED) is 0.536. The monoisotopic (exact) mass is 284 g/mol. The fourth-order valence-electron chi connectivity index (χ4n) is 1.94. The highest BCUT2D eigenvalue weighted by Gasteiger charge is 2.13. The van der Waals surface area contributed by atoms with Gasteiger partial charge in [-0.15, -0.1) is 0 Å². The molecule has 1 aromatic heterocycles. The number of carbonyl (C=O) groups is 1. The van der Waals surface area contributed by atoms with E-state index in [1.165, 1.54) is 18.2 Å². The first kappa shape index (κ1) is 13.1. The van der Waals surface area contributed by atoms with E-state index < -0.39 is 17.4 Å². The third-order valence-corrected chi connectivity index (χ3v) is 2.87. The summed E-state index contributed by atoms with van der Waals surface area (Å²) < 4.78 is 23.3. The maximum atomic E-state index is 13.1. The predicted molar refractivity (Wildman–Crippen MR) is 73.8 cm³/mol. The van der Waals surface area contributed by atoms with Crippen molar-refractivity contribution in [3.63, 3.8) is 0 Å². The van der Waals surface area contributed by atoms with E-state index in [2.05, 4.69) is 0 Å². The SMILES string of the molecule is O=C(Oc1cc(=O)oc2ccccc12)c1cccc(F)c1. The van der Waals surface area contributed by atoms with E-state index in [4.69, 9.17) is 9.15 Å². The highest BCUT2D eigenvalue weighted by atomic mass is 19.1. The van der Waals surface area contributed by atoms with Crippen molar-refractivity contribution in [2.45, 2.75) is 0 Å². The van der Waals surface area contributed by atoms with Crippen LogP contribution in [0.3, 0.4) is 0 Å². The van der Waals surface area contributed by atoms with Gasteiger partial charge < -0.3 is 9.15 Å². The van der Waals surface area contributed by atoms with Gasteiger partial charge in [-0.1, -0.05) is 18.2 Å². The second kappa shape index (κ2) is 5.20. The molecule has 0 unspecified atom stereocenters. The Balaban J connectivity index is 2.02. The van der Waals surface area contributed by atoms with Crippen LogP contribution in [-0.2, 0) is 0 Å². The minimum absolute atomic E-state index is 0.0623. The molecule has 4 nitrogen and oxygen atoms in total. The third kappa shape index (κ3) is 2.67. The summed E-state index contributed by atoms with van der Waals surface area (Å²) in [7, 11) is 0. The Morgan fingerprint density at radius 1 is 1.05 bits per heavy atom. The van der Waals surface area contributed by atoms with E-state index in [9.17, 15) is 14.0 Å². The maximum Gasteiger partial charge on any atom is 0.343 e. The van der Waals surface area contributed by atoms with E-state index in [1.54, 1.807) is 24.3 Å². The summed E-state index contributed by atoms with van der Waals surface area (Å²) in [6.07, 6.45) is 0. The number of halogens is 1. The van der Waals surface area contributed by atoms with Gasteiger partial charge in [-0.25, -0.2) is 14.0 Å². The molecule has 3 aromatic rings. The summed E-state index contributed by atoms with van der Waals surface area (Å²) in [6.45, 7) is 0. The molecule has 21 heavy (non-hydrogen) atoms. The highest BCUT2D eigenvalue weighted by molar-refractivity contribution is 5.94. The van der Waals surface area contributed by atoms with E-state index in [1.807, 2.05) is 0 Å². The second-order valence-corrected chi connectivity index (χ2v) is 4.33. The van der Waals surface area contributed by atoms with Crippen LogP contribution in [0.2, 0.25) is 0 Å². The van der Waals surface area contributed by atoms with Crippen LogP contribution in [0, 0.1) is 5.82 Å². The largest absolute Gasteiger partial charge is 0.422 e. The van der Waals surface area contributed by atoms with Gasteiger partial charge >= 0.3 is 11.6 Å². The van der Waals surface area contributed by atoms with Gasteiger partial charge in [-0.2, -0.15) is 0 Å². The van der Waals surface area contributed by atoms with Gasteiger partial charge in [0.05, 0.1) is 17.0 Å². The number of ether oxygens (including phenoxy) is 1. The fraction of sp³-hybridized carbons (Fsp3) is 0. The predicted octanol–water partition coefficient (Wildman–Crippen LogP) is 3.15. The van der Waals surface area contributed by atoms with Crippen molar-refractivity contribution in [1.29, 1.82) is 0 Å². The molecule has 104 valence electrons. The van der Waals surface area contributed by atoms with Crippen LogP contribution in [-0.4, -0.2) is 5.97 Å². The first-order chi connectivity index (χ1) is 10.1. The van der Waals surface area contributed by atoms with Gasteiger partial charge in [0.25, 0.3) is 0 Å². The Kier molecular flexibility index (Phi) is 3.23. The number of benzene rings is 2. The molecule has 0 radical (unpaired) electrons. The standard InChI is InChI=1S/C16H9FO4/c17-11-5-3-4-10(8-11)16(19)21-14-9-15(18)20-13-7-2-1-6-12(13)14/h1-9H. The molecule has 0 aliphatic carbocycles. The first-order valence-electron chi connectivity index (χ1n) is 6.14. The van der Waals surface area contributed by atoms with Crippen molar-refractivity contribution >= 4 is 16.9 Å². The molecule has 1 heterocycles. The van der Waals surface area contributed by atoms with Crippen LogP contribution in [0.5, 0.6) is 5.75 Å². The van der Waals surface area contributed by atoms with Crippen molar-refractivity contribution < 1.29 is 18.3 Å². The summed E-state index contributed by atoms with van der Waals surface area (Å²) in [4.78, 5) is 23.5. The lowest BCUT2D eigenvalue weighted by Crippen LogP contribution is -2.10.